The van der Waals surface area contributed by atoms with E-state index < -0.39 is 16.9 Å². The number of nitrogens with zero attached hydrogens (tertiary/aromatic N) is 1. The molecule has 1 unspecified atom stereocenters. The third-order valence-corrected chi connectivity index (χ3v) is 4.69. The van der Waals surface area contributed by atoms with Crippen molar-refractivity contribution >= 4 is 17.7 Å². The Balaban J connectivity index is 3.19. The van der Waals surface area contributed by atoms with Crippen LogP contribution in [0.2, 0.25) is 0 Å². The van der Waals surface area contributed by atoms with Crippen molar-refractivity contribution < 1.29 is 14.4 Å². The number of nitrogens with two attached hydrogens (primary N) is 1. The molecule has 0 saturated carbocycles. The predicted molar refractivity (Wildman–Crippen MR) is 71.9 cm³/mol. The number of rotatable bonds is 4. The average molecular weight is 268 g/mol. The minimum Gasteiger partial charge on any atom is -0.369 e. The van der Waals surface area contributed by atoms with Crippen LogP contribution in [-0.2, 0) is 14.4 Å². The zero-order valence-corrected chi connectivity index (χ0v) is 12.6. The zero-order valence-electron chi connectivity index (χ0n) is 12.6. The van der Waals surface area contributed by atoms with Gasteiger partial charge in [-0.25, -0.2) is 0 Å². The van der Waals surface area contributed by atoms with Crippen LogP contribution in [-0.4, -0.2) is 28.2 Å². The molecule has 0 aliphatic carbocycles. The summed E-state index contributed by atoms with van der Waals surface area (Å²) in [6.07, 6.45) is 0.217. The molecule has 2 N–H and O–H groups in total. The fourth-order valence-electron chi connectivity index (χ4n) is 2.34. The van der Waals surface area contributed by atoms with Gasteiger partial charge in [-0.2, -0.15) is 0 Å². The average Bonchev–Trinajstić information content (AvgIpc) is 2.53. The van der Waals surface area contributed by atoms with Gasteiger partial charge in [0, 0.05) is 12.3 Å². The van der Waals surface area contributed by atoms with Gasteiger partial charge >= 0.3 is 0 Å². The maximum atomic E-state index is 12.4. The minimum atomic E-state index is -0.982. The molecular weight excluding hydrogens is 244 g/mol. The van der Waals surface area contributed by atoms with E-state index in [1.807, 2.05) is 13.8 Å². The second kappa shape index (κ2) is 4.62. The van der Waals surface area contributed by atoms with Gasteiger partial charge in [-0.05, 0) is 33.6 Å². The van der Waals surface area contributed by atoms with E-state index in [4.69, 9.17) is 5.73 Å². The summed E-state index contributed by atoms with van der Waals surface area (Å²) >= 11 is 0. The molecule has 0 aromatic heterocycles. The van der Waals surface area contributed by atoms with Gasteiger partial charge in [-0.3, -0.25) is 19.3 Å². The Labute approximate surface area is 114 Å². The van der Waals surface area contributed by atoms with Gasteiger partial charge in [0.05, 0.1) is 11.0 Å². The van der Waals surface area contributed by atoms with Crippen molar-refractivity contribution in [3.63, 3.8) is 0 Å². The first-order valence-electron chi connectivity index (χ1n) is 6.61. The molecule has 1 aliphatic heterocycles. The Morgan fingerprint density at radius 1 is 1.26 bits per heavy atom. The van der Waals surface area contributed by atoms with Crippen molar-refractivity contribution in [3.8, 4) is 0 Å². The monoisotopic (exact) mass is 268 g/mol. The molecule has 108 valence electrons. The lowest BCUT2D eigenvalue weighted by atomic mass is 9.72. The lowest BCUT2D eigenvalue weighted by Crippen LogP contribution is -2.60. The molecule has 0 bridgehead atoms. The van der Waals surface area contributed by atoms with Gasteiger partial charge in [0.25, 0.3) is 0 Å². The summed E-state index contributed by atoms with van der Waals surface area (Å²) in [5, 5.41) is 0. The molecule has 0 spiro atoms. The van der Waals surface area contributed by atoms with Crippen LogP contribution in [0, 0.1) is 17.3 Å². The lowest BCUT2D eigenvalue weighted by molar-refractivity contribution is -0.153. The maximum absolute atomic E-state index is 12.4. The minimum absolute atomic E-state index is 0.106. The van der Waals surface area contributed by atoms with E-state index in [-0.39, 0.29) is 30.1 Å². The van der Waals surface area contributed by atoms with Crippen LogP contribution in [0.15, 0.2) is 0 Å². The molecule has 1 rings (SSSR count). The van der Waals surface area contributed by atoms with E-state index in [2.05, 4.69) is 0 Å². The Hall–Kier alpha value is -1.39. The SMILES string of the molecule is CC(C)C1CC(=O)N(C(C)(C)C(C)(C)C(N)=O)C1=O. The highest BCUT2D eigenvalue weighted by molar-refractivity contribution is 6.05. The van der Waals surface area contributed by atoms with Crippen molar-refractivity contribution in [2.45, 2.75) is 53.5 Å². The van der Waals surface area contributed by atoms with Crippen molar-refractivity contribution in [1.29, 1.82) is 0 Å². The number of likely N-dealkylation sites (tertiary alicyclic amines) is 1. The Bertz CT molecular complexity index is 424. The summed E-state index contributed by atoms with van der Waals surface area (Å²) in [6.45, 7) is 10.6. The second-order valence-corrected chi connectivity index (χ2v) is 6.67. The van der Waals surface area contributed by atoms with Crippen molar-refractivity contribution in [3.05, 3.63) is 0 Å². The van der Waals surface area contributed by atoms with Crippen molar-refractivity contribution in [2.24, 2.45) is 23.0 Å². The van der Waals surface area contributed by atoms with E-state index in [0.29, 0.717) is 0 Å². The van der Waals surface area contributed by atoms with Gasteiger partial charge in [0.1, 0.15) is 0 Å². The highest BCUT2D eigenvalue weighted by atomic mass is 16.2. The van der Waals surface area contributed by atoms with Gasteiger partial charge < -0.3 is 5.73 Å². The highest BCUT2D eigenvalue weighted by Crippen LogP contribution is 2.41. The van der Waals surface area contributed by atoms with Gasteiger partial charge in [0.2, 0.25) is 17.7 Å². The Morgan fingerprint density at radius 2 is 1.74 bits per heavy atom. The second-order valence-electron chi connectivity index (χ2n) is 6.67. The number of carbonyl (C=O) groups excluding carboxylic acids is 3. The molecule has 0 aromatic rings. The molecule has 0 aromatic carbocycles. The van der Waals surface area contributed by atoms with Crippen LogP contribution in [0.1, 0.15) is 48.0 Å². The first-order valence-corrected chi connectivity index (χ1v) is 6.61. The van der Waals surface area contributed by atoms with Crippen molar-refractivity contribution in [1.82, 2.24) is 4.90 Å². The summed E-state index contributed by atoms with van der Waals surface area (Å²) < 4.78 is 0. The van der Waals surface area contributed by atoms with Gasteiger partial charge in [-0.15, -0.1) is 0 Å². The number of hydrogen-bond acceptors (Lipinski definition) is 3. The Morgan fingerprint density at radius 3 is 2.05 bits per heavy atom. The summed E-state index contributed by atoms with van der Waals surface area (Å²) in [5.41, 5.74) is 3.51. The lowest BCUT2D eigenvalue weighted by Gasteiger charge is -2.44. The molecule has 3 amide bonds. The predicted octanol–water partition coefficient (Wildman–Crippen LogP) is 1.31. The van der Waals surface area contributed by atoms with Gasteiger partial charge in [0.15, 0.2) is 0 Å². The van der Waals surface area contributed by atoms with E-state index in [0.717, 1.165) is 0 Å². The van der Waals surface area contributed by atoms with Crippen LogP contribution >= 0.6 is 0 Å². The molecule has 1 fully saturated rings. The van der Waals surface area contributed by atoms with Crippen LogP contribution < -0.4 is 5.73 Å². The third-order valence-electron chi connectivity index (χ3n) is 4.69. The Kier molecular flexibility index (Phi) is 3.81. The molecule has 19 heavy (non-hydrogen) atoms. The number of amides is 3. The zero-order chi connectivity index (χ0) is 15.2. The number of primary amides is 1. The molecule has 5 heteroatoms. The van der Waals surface area contributed by atoms with E-state index in [9.17, 15) is 14.4 Å². The fourth-order valence-corrected chi connectivity index (χ4v) is 2.34. The summed E-state index contributed by atoms with van der Waals surface area (Å²) in [6, 6.07) is 0. The molecule has 1 heterocycles. The fraction of sp³-hybridized carbons (Fsp3) is 0.786. The number of carbonyl (C=O) groups is 3. The quantitative estimate of drug-likeness (QED) is 0.780. The summed E-state index contributed by atoms with van der Waals surface area (Å²) in [4.78, 5) is 37.5. The van der Waals surface area contributed by atoms with Crippen LogP contribution in [0.3, 0.4) is 0 Å². The standard InChI is InChI=1S/C14H24N2O3/c1-8(2)9-7-10(17)16(11(9)18)14(5,6)13(3,4)12(15)19/h8-9H,7H2,1-6H3,(H2,15,19). The first kappa shape index (κ1) is 15.7. The van der Waals surface area contributed by atoms with Gasteiger partial charge in [-0.1, -0.05) is 13.8 Å². The van der Waals surface area contributed by atoms with E-state index in [1.54, 1.807) is 27.7 Å². The molecule has 5 nitrogen and oxygen atoms in total. The number of hydrogen-bond donors (Lipinski definition) is 1. The molecule has 0 radical (unpaired) electrons. The largest absolute Gasteiger partial charge is 0.369 e. The molecule has 1 atom stereocenters. The molecule has 1 aliphatic rings. The van der Waals surface area contributed by atoms with Crippen LogP contribution in [0.25, 0.3) is 0 Å². The maximum Gasteiger partial charge on any atom is 0.233 e. The van der Waals surface area contributed by atoms with Crippen LogP contribution in [0.5, 0.6) is 0 Å². The van der Waals surface area contributed by atoms with E-state index >= 15 is 0 Å². The smallest absolute Gasteiger partial charge is 0.233 e. The highest BCUT2D eigenvalue weighted by Gasteiger charge is 2.54. The van der Waals surface area contributed by atoms with Crippen molar-refractivity contribution in [2.75, 3.05) is 0 Å². The van der Waals surface area contributed by atoms with Crippen LogP contribution in [0.4, 0.5) is 0 Å². The van der Waals surface area contributed by atoms with E-state index in [1.165, 1.54) is 4.90 Å². The third kappa shape index (κ3) is 2.26. The first-order chi connectivity index (χ1) is 8.44. The molecular formula is C14H24N2O3. The summed E-state index contributed by atoms with van der Waals surface area (Å²) in [7, 11) is 0. The normalized spacial score (nSPS) is 21.4. The topological polar surface area (TPSA) is 80.5 Å². The molecule has 1 saturated heterocycles. The summed E-state index contributed by atoms with van der Waals surface area (Å²) in [5.74, 6) is -1.13. The number of imide groups is 1.